The monoisotopic (exact) mass is 269 g/mol. The van der Waals surface area contributed by atoms with E-state index in [1.807, 2.05) is 0 Å². The molecule has 2 heterocycles. The van der Waals surface area contributed by atoms with E-state index in [1.165, 1.54) is 18.9 Å². The van der Waals surface area contributed by atoms with Crippen molar-refractivity contribution in [1.29, 1.82) is 0 Å². The predicted octanol–water partition coefficient (Wildman–Crippen LogP) is 2.29. The highest BCUT2D eigenvalue weighted by atomic mass is 35.5. The van der Waals surface area contributed by atoms with Crippen molar-refractivity contribution in [2.45, 2.75) is 12.8 Å². The van der Waals surface area contributed by atoms with Gasteiger partial charge in [0.15, 0.2) is 5.82 Å². The third-order valence-corrected chi connectivity index (χ3v) is 2.98. The molecule has 1 N–H and O–H groups in total. The first kappa shape index (κ1) is 13.1. The molecular formula is C12H16ClN3O2. The van der Waals surface area contributed by atoms with Gasteiger partial charge in [0.25, 0.3) is 0 Å². The van der Waals surface area contributed by atoms with Crippen LogP contribution < -0.4 is 10.1 Å². The lowest BCUT2D eigenvalue weighted by atomic mass is 10.1. The zero-order chi connectivity index (χ0) is 12.8. The number of ether oxygens (including phenoxy) is 2. The summed E-state index contributed by atoms with van der Waals surface area (Å²) < 4.78 is 10.2. The summed E-state index contributed by atoms with van der Waals surface area (Å²) >= 11 is 6.00. The molecule has 1 aliphatic rings. The minimum absolute atomic E-state index is 0.312. The van der Waals surface area contributed by atoms with Crippen molar-refractivity contribution in [1.82, 2.24) is 9.97 Å². The molecule has 0 aliphatic carbocycles. The van der Waals surface area contributed by atoms with Crippen molar-refractivity contribution in [2.24, 2.45) is 0 Å². The van der Waals surface area contributed by atoms with E-state index in [2.05, 4.69) is 21.4 Å². The second-order valence-electron chi connectivity index (χ2n) is 3.92. The van der Waals surface area contributed by atoms with Crippen LogP contribution in [0.15, 0.2) is 17.8 Å². The first-order chi connectivity index (χ1) is 8.79. The summed E-state index contributed by atoms with van der Waals surface area (Å²) in [6, 6.07) is 0.312. The molecule has 5 nitrogen and oxygen atoms in total. The molecule has 2 rings (SSSR count). The number of methoxy groups -OCH3 is 1. The number of aromatic nitrogens is 2. The van der Waals surface area contributed by atoms with Crippen LogP contribution in [-0.4, -0.2) is 36.8 Å². The van der Waals surface area contributed by atoms with Crippen LogP contribution in [0, 0.1) is 0 Å². The Bertz CT molecular complexity index is 437. The second-order valence-corrected chi connectivity index (χ2v) is 4.32. The van der Waals surface area contributed by atoms with Gasteiger partial charge in [-0.2, -0.15) is 4.98 Å². The Hall–Kier alpha value is -1.33. The Morgan fingerprint density at radius 1 is 1.56 bits per heavy atom. The van der Waals surface area contributed by atoms with Gasteiger partial charge in [0.2, 0.25) is 0 Å². The highest BCUT2D eigenvalue weighted by molar-refractivity contribution is 6.32. The topological polar surface area (TPSA) is 56.3 Å². The molecule has 1 aromatic heterocycles. The molecule has 1 aromatic rings. The number of nitrogens with one attached hydrogen (secondary N) is 1. The number of halogens is 1. The van der Waals surface area contributed by atoms with E-state index < -0.39 is 0 Å². The molecule has 0 unspecified atom stereocenters. The van der Waals surface area contributed by atoms with Crippen LogP contribution >= 0.6 is 11.6 Å². The van der Waals surface area contributed by atoms with Gasteiger partial charge in [-0.15, -0.1) is 0 Å². The quantitative estimate of drug-likeness (QED) is 0.831. The zero-order valence-corrected chi connectivity index (χ0v) is 11.0. The minimum atomic E-state index is 0.312. The van der Waals surface area contributed by atoms with Gasteiger partial charge in [-0.1, -0.05) is 23.3 Å². The van der Waals surface area contributed by atoms with Gasteiger partial charge >= 0.3 is 6.01 Å². The van der Waals surface area contributed by atoms with Gasteiger partial charge in [0, 0.05) is 6.54 Å². The molecule has 0 spiro atoms. The molecule has 1 aliphatic heterocycles. The molecular weight excluding hydrogens is 254 g/mol. The van der Waals surface area contributed by atoms with Gasteiger partial charge in [0.1, 0.15) is 5.02 Å². The van der Waals surface area contributed by atoms with Crippen molar-refractivity contribution in [3.63, 3.8) is 0 Å². The fourth-order valence-electron chi connectivity index (χ4n) is 1.71. The third-order valence-electron chi connectivity index (χ3n) is 2.70. The van der Waals surface area contributed by atoms with Gasteiger partial charge < -0.3 is 14.8 Å². The Labute approximate surface area is 111 Å². The number of hydrogen-bond donors (Lipinski definition) is 1. The van der Waals surface area contributed by atoms with Crippen LogP contribution in [0.4, 0.5) is 5.82 Å². The Balaban J connectivity index is 1.87. The largest absolute Gasteiger partial charge is 0.467 e. The van der Waals surface area contributed by atoms with Gasteiger partial charge in [-0.25, -0.2) is 4.98 Å². The minimum Gasteiger partial charge on any atom is -0.467 e. The summed E-state index contributed by atoms with van der Waals surface area (Å²) in [4.78, 5) is 8.08. The SMILES string of the molecule is COc1ncc(Cl)c(NCCC2=CCOCC2)n1. The summed E-state index contributed by atoms with van der Waals surface area (Å²) in [7, 11) is 1.53. The smallest absolute Gasteiger partial charge is 0.318 e. The van der Waals surface area contributed by atoms with Crippen molar-refractivity contribution in [3.8, 4) is 6.01 Å². The molecule has 0 radical (unpaired) electrons. The number of rotatable bonds is 5. The van der Waals surface area contributed by atoms with Gasteiger partial charge in [-0.05, 0) is 12.8 Å². The molecule has 0 fully saturated rings. The molecule has 0 saturated carbocycles. The molecule has 0 amide bonds. The normalized spacial score (nSPS) is 15.1. The average Bonchev–Trinajstić information content (AvgIpc) is 2.42. The van der Waals surface area contributed by atoms with Crippen LogP contribution in [0.25, 0.3) is 0 Å². The van der Waals surface area contributed by atoms with Crippen LogP contribution in [0.3, 0.4) is 0 Å². The lowest BCUT2D eigenvalue weighted by Crippen LogP contribution is -2.10. The van der Waals surface area contributed by atoms with E-state index in [0.29, 0.717) is 16.9 Å². The van der Waals surface area contributed by atoms with Crippen molar-refractivity contribution < 1.29 is 9.47 Å². The van der Waals surface area contributed by atoms with Gasteiger partial charge in [-0.3, -0.25) is 0 Å². The highest BCUT2D eigenvalue weighted by Gasteiger charge is 2.07. The lowest BCUT2D eigenvalue weighted by Gasteiger charge is -2.14. The van der Waals surface area contributed by atoms with Crippen LogP contribution in [0.2, 0.25) is 5.02 Å². The fraction of sp³-hybridized carbons (Fsp3) is 0.500. The predicted molar refractivity (Wildman–Crippen MR) is 70.2 cm³/mol. The maximum atomic E-state index is 6.00. The van der Waals surface area contributed by atoms with E-state index >= 15 is 0 Å². The second kappa shape index (κ2) is 6.56. The molecule has 0 saturated heterocycles. The summed E-state index contributed by atoms with van der Waals surface area (Å²) in [6.07, 6.45) is 5.63. The van der Waals surface area contributed by atoms with E-state index in [9.17, 15) is 0 Å². The molecule has 98 valence electrons. The maximum Gasteiger partial charge on any atom is 0.318 e. The van der Waals surface area contributed by atoms with Crippen molar-refractivity contribution >= 4 is 17.4 Å². The Morgan fingerprint density at radius 3 is 3.17 bits per heavy atom. The first-order valence-corrected chi connectivity index (χ1v) is 6.23. The summed E-state index contributed by atoms with van der Waals surface area (Å²) in [6.45, 7) is 2.32. The number of hydrogen-bond acceptors (Lipinski definition) is 5. The van der Waals surface area contributed by atoms with Crippen molar-refractivity contribution in [2.75, 3.05) is 32.2 Å². The Kier molecular flexibility index (Phi) is 4.78. The molecule has 6 heteroatoms. The average molecular weight is 270 g/mol. The number of anilines is 1. The maximum absolute atomic E-state index is 6.00. The standard InChI is InChI=1S/C12H16ClN3O2/c1-17-12-15-8-10(13)11(16-12)14-5-2-9-3-6-18-7-4-9/h3,8H,2,4-7H2,1H3,(H,14,15,16). The highest BCUT2D eigenvalue weighted by Crippen LogP contribution is 2.20. The summed E-state index contributed by atoms with van der Waals surface area (Å²) in [5, 5.41) is 3.69. The molecule has 18 heavy (non-hydrogen) atoms. The zero-order valence-electron chi connectivity index (χ0n) is 10.3. The van der Waals surface area contributed by atoms with Crippen molar-refractivity contribution in [3.05, 3.63) is 22.9 Å². The van der Waals surface area contributed by atoms with Crippen LogP contribution in [0.5, 0.6) is 6.01 Å². The fourth-order valence-corrected chi connectivity index (χ4v) is 1.87. The summed E-state index contributed by atoms with van der Waals surface area (Å²) in [5.74, 6) is 0.608. The van der Waals surface area contributed by atoms with E-state index in [0.717, 1.165) is 32.6 Å². The number of nitrogens with zero attached hydrogens (tertiary/aromatic N) is 2. The first-order valence-electron chi connectivity index (χ1n) is 5.85. The van der Waals surface area contributed by atoms with Crippen LogP contribution in [-0.2, 0) is 4.74 Å². The van der Waals surface area contributed by atoms with Gasteiger partial charge in [0.05, 0.1) is 26.5 Å². The third kappa shape index (κ3) is 3.58. The van der Waals surface area contributed by atoms with E-state index in [1.54, 1.807) is 0 Å². The Morgan fingerprint density at radius 2 is 2.44 bits per heavy atom. The molecule has 0 aromatic carbocycles. The molecule has 0 bridgehead atoms. The summed E-state index contributed by atoms with van der Waals surface area (Å²) in [5.41, 5.74) is 1.41. The lowest BCUT2D eigenvalue weighted by molar-refractivity contribution is 0.153. The van der Waals surface area contributed by atoms with E-state index in [4.69, 9.17) is 21.1 Å². The van der Waals surface area contributed by atoms with Crippen LogP contribution in [0.1, 0.15) is 12.8 Å². The molecule has 0 atom stereocenters. The van der Waals surface area contributed by atoms with E-state index in [-0.39, 0.29) is 0 Å².